The molecular formula is C28H46N4O6. The molecule has 0 radical (unpaired) electrons. The summed E-state index contributed by atoms with van der Waals surface area (Å²) in [4.78, 5) is 37.1. The van der Waals surface area contributed by atoms with Crippen LogP contribution < -0.4 is 26.4 Å². The number of carboxylic acid groups (broad SMARTS) is 1. The Bertz CT molecular complexity index is 903. The molecule has 0 saturated heterocycles. The Balaban J connectivity index is 1.69. The molecule has 1 aliphatic rings. The van der Waals surface area contributed by atoms with Crippen molar-refractivity contribution in [3.63, 3.8) is 0 Å². The van der Waals surface area contributed by atoms with Gasteiger partial charge in [0.1, 0.15) is 17.3 Å². The maximum Gasteiger partial charge on any atom is 0.329 e. The molecule has 38 heavy (non-hydrogen) atoms. The Kier molecular flexibility index (Phi) is 12.3. The van der Waals surface area contributed by atoms with Gasteiger partial charge < -0.3 is 36.3 Å². The number of amides is 3. The average molecular weight is 535 g/mol. The maximum absolute atomic E-state index is 12.7. The van der Waals surface area contributed by atoms with Crippen LogP contribution in [0.5, 0.6) is 5.75 Å². The summed E-state index contributed by atoms with van der Waals surface area (Å²) in [5.41, 5.74) is 5.55. The van der Waals surface area contributed by atoms with E-state index in [9.17, 15) is 19.5 Å². The molecule has 0 aromatic heterocycles. The second kappa shape index (κ2) is 14.9. The maximum atomic E-state index is 12.7. The largest absolute Gasteiger partial charge is 0.494 e. The Morgan fingerprint density at radius 3 is 2.29 bits per heavy atom. The van der Waals surface area contributed by atoms with Crippen LogP contribution in [-0.2, 0) is 14.3 Å². The van der Waals surface area contributed by atoms with E-state index in [-0.39, 0.29) is 36.2 Å². The molecule has 0 heterocycles. The molecule has 0 spiro atoms. The van der Waals surface area contributed by atoms with Gasteiger partial charge in [-0.3, -0.25) is 4.79 Å². The summed E-state index contributed by atoms with van der Waals surface area (Å²) in [7, 11) is 0. The third kappa shape index (κ3) is 10.5. The fraction of sp³-hybridized carbons (Fsp3) is 0.679. The zero-order valence-electron chi connectivity index (χ0n) is 23.4. The molecule has 6 N–H and O–H groups in total. The number of urea groups is 1. The summed E-state index contributed by atoms with van der Waals surface area (Å²) in [6.45, 7) is 10.5. The molecule has 1 aromatic rings. The molecule has 0 unspecified atom stereocenters. The van der Waals surface area contributed by atoms with Crippen molar-refractivity contribution in [2.24, 2.45) is 17.6 Å². The molecule has 3 amide bonds. The van der Waals surface area contributed by atoms with E-state index in [1.165, 1.54) is 12.5 Å². The van der Waals surface area contributed by atoms with Crippen molar-refractivity contribution in [3.05, 3.63) is 29.8 Å². The number of carboxylic acids is 1. The highest BCUT2D eigenvalue weighted by Crippen LogP contribution is 2.33. The van der Waals surface area contributed by atoms with Gasteiger partial charge in [-0.05, 0) is 76.8 Å². The van der Waals surface area contributed by atoms with Crippen molar-refractivity contribution in [2.45, 2.75) is 90.4 Å². The minimum atomic E-state index is -1.44. The number of aliphatic carboxylic acids is 1. The molecule has 1 fully saturated rings. The number of ether oxygens (including phenoxy) is 2. The molecule has 0 bridgehead atoms. The standard InChI is InChI=1S/C28H46N4O6/c1-18(2)24(17-37-12-6-7-13-38-23-10-8-19(3)9-11-23)31-25(33)20(4)30-27(36)32-28(5,26(34)35)16-21-14-22(29)15-21/h8-11,18,20-22,24H,6-7,12-17,29H2,1-5H3,(H,31,33)(H,34,35)(H2,30,32,36)/t20-,21?,22?,24-,28+/m1/s1. The van der Waals surface area contributed by atoms with E-state index in [0.29, 0.717) is 19.8 Å². The SMILES string of the molecule is Cc1ccc(OCCCCOC[C@@H](NC(=O)[C@@H](C)NC(=O)N[C@@](C)(CC2CC(N)C2)C(=O)O)C(C)C)cc1. The molecule has 0 aliphatic heterocycles. The molecule has 3 atom stereocenters. The molecule has 2 rings (SSSR count). The quantitative estimate of drug-likeness (QED) is 0.204. The first-order valence-corrected chi connectivity index (χ1v) is 13.5. The van der Waals surface area contributed by atoms with E-state index >= 15 is 0 Å². The topological polar surface area (TPSA) is 152 Å². The number of unbranched alkanes of at least 4 members (excludes halogenated alkanes) is 1. The molecule has 1 saturated carbocycles. The van der Waals surface area contributed by atoms with Gasteiger partial charge in [-0.25, -0.2) is 9.59 Å². The lowest BCUT2D eigenvalue weighted by atomic mass is 9.73. The molecule has 214 valence electrons. The van der Waals surface area contributed by atoms with E-state index in [2.05, 4.69) is 16.0 Å². The van der Waals surface area contributed by atoms with Crippen LogP contribution in [0.4, 0.5) is 4.79 Å². The summed E-state index contributed by atoms with van der Waals surface area (Å²) in [6, 6.07) is 6.24. The fourth-order valence-electron chi connectivity index (χ4n) is 4.32. The second-order valence-corrected chi connectivity index (χ2v) is 11.1. The van der Waals surface area contributed by atoms with Crippen molar-refractivity contribution < 1.29 is 29.0 Å². The van der Waals surface area contributed by atoms with E-state index in [1.807, 2.05) is 45.0 Å². The zero-order chi connectivity index (χ0) is 28.3. The van der Waals surface area contributed by atoms with Crippen molar-refractivity contribution in [2.75, 3.05) is 19.8 Å². The van der Waals surface area contributed by atoms with Gasteiger partial charge in [-0.2, -0.15) is 0 Å². The number of nitrogens with one attached hydrogen (secondary N) is 3. The summed E-state index contributed by atoms with van der Waals surface area (Å²) in [6.07, 6.45) is 3.45. The fourth-order valence-corrected chi connectivity index (χ4v) is 4.32. The first kappa shape index (κ1) is 31.4. The third-order valence-corrected chi connectivity index (χ3v) is 6.97. The van der Waals surface area contributed by atoms with Gasteiger partial charge in [0.05, 0.1) is 19.3 Å². The number of hydrogen-bond donors (Lipinski definition) is 5. The van der Waals surface area contributed by atoms with Crippen LogP contribution in [0, 0.1) is 18.8 Å². The smallest absolute Gasteiger partial charge is 0.329 e. The average Bonchev–Trinajstić information content (AvgIpc) is 2.82. The summed E-state index contributed by atoms with van der Waals surface area (Å²) in [5.74, 6) is -0.361. The van der Waals surface area contributed by atoms with E-state index in [4.69, 9.17) is 15.2 Å². The van der Waals surface area contributed by atoms with Crippen molar-refractivity contribution in [3.8, 4) is 5.75 Å². The van der Waals surface area contributed by atoms with E-state index < -0.39 is 23.6 Å². The predicted octanol–water partition coefficient (Wildman–Crippen LogP) is 2.97. The highest BCUT2D eigenvalue weighted by molar-refractivity contribution is 5.90. The third-order valence-electron chi connectivity index (χ3n) is 6.97. The molecule has 1 aliphatic carbocycles. The Hall–Kier alpha value is -2.85. The number of carbonyl (C=O) groups is 3. The van der Waals surface area contributed by atoms with Crippen LogP contribution in [0.3, 0.4) is 0 Å². The van der Waals surface area contributed by atoms with Gasteiger partial charge in [-0.15, -0.1) is 0 Å². The van der Waals surface area contributed by atoms with Crippen molar-refractivity contribution >= 4 is 17.9 Å². The summed E-state index contributed by atoms with van der Waals surface area (Å²) >= 11 is 0. The van der Waals surface area contributed by atoms with Crippen LogP contribution >= 0.6 is 0 Å². The second-order valence-electron chi connectivity index (χ2n) is 11.1. The predicted molar refractivity (Wildman–Crippen MR) is 146 cm³/mol. The minimum absolute atomic E-state index is 0.0894. The number of benzene rings is 1. The van der Waals surface area contributed by atoms with Crippen LogP contribution in [0.15, 0.2) is 24.3 Å². The van der Waals surface area contributed by atoms with Gasteiger partial charge in [0, 0.05) is 12.6 Å². The number of nitrogens with two attached hydrogens (primary N) is 1. The lowest BCUT2D eigenvalue weighted by Crippen LogP contribution is -2.60. The first-order chi connectivity index (χ1) is 17.9. The van der Waals surface area contributed by atoms with Gasteiger partial charge in [0.2, 0.25) is 5.91 Å². The Labute approximate surface area is 226 Å². The van der Waals surface area contributed by atoms with Crippen LogP contribution in [0.1, 0.15) is 65.4 Å². The van der Waals surface area contributed by atoms with E-state index in [1.54, 1.807) is 6.92 Å². The highest BCUT2D eigenvalue weighted by atomic mass is 16.5. The Morgan fingerprint density at radius 1 is 1.08 bits per heavy atom. The van der Waals surface area contributed by atoms with Gasteiger partial charge in [0.15, 0.2) is 0 Å². The molecule has 10 heteroatoms. The van der Waals surface area contributed by atoms with Crippen molar-refractivity contribution in [1.82, 2.24) is 16.0 Å². The monoisotopic (exact) mass is 534 g/mol. The van der Waals surface area contributed by atoms with Gasteiger partial charge in [0.25, 0.3) is 0 Å². The number of carbonyl (C=O) groups excluding carboxylic acids is 2. The Morgan fingerprint density at radius 2 is 1.71 bits per heavy atom. The first-order valence-electron chi connectivity index (χ1n) is 13.5. The summed E-state index contributed by atoms with van der Waals surface area (Å²) in [5, 5.41) is 17.7. The molecule has 1 aromatic carbocycles. The van der Waals surface area contributed by atoms with Gasteiger partial charge in [-0.1, -0.05) is 31.5 Å². The van der Waals surface area contributed by atoms with Crippen LogP contribution in [0.2, 0.25) is 0 Å². The number of aryl methyl sites for hydroxylation is 1. The minimum Gasteiger partial charge on any atom is -0.494 e. The zero-order valence-corrected chi connectivity index (χ0v) is 23.4. The lowest BCUT2D eigenvalue weighted by Gasteiger charge is -2.38. The van der Waals surface area contributed by atoms with Crippen molar-refractivity contribution in [1.29, 1.82) is 0 Å². The lowest BCUT2D eigenvalue weighted by molar-refractivity contribution is -0.144. The van der Waals surface area contributed by atoms with Crippen LogP contribution in [0.25, 0.3) is 0 Å². The van der Waals surface area contributed by atoms with Gasteiger partial charge >= 0.3 is 12.0 Å². The van der Waals surface area contributed by atoms with E-state index in [0.717, 1.165) is 31.4 Å². The normalized spacial score (nSPS) is 20.0. The summed E-state index contributed by atoms with van der Waals surface area (Å²) < 4.78 is 11.5. The molecule has 10 nitrogen and oxygen atoms in total. The van der Waals surface area contributed by atoms with Crippen LogP contribution in [-0.4, -0.2) is 66.5 Å². The number of hydrogen-bond acceptors (Lipinski definition) is 6. The highest BCUT2D eigenvalue weighted by Gasteiger charge is 2.41. The number of rotatable bonds is 16. The molecular weight excluding hydrogens is 488 g/mol.